The van der Waals surface area contributed by atoms with Crippen LogP contribution in [0.1, 0.15) is 97.7 Å². The molecule has 2 atom stereocenters. The Balaban J connectivity index is 0.861. The van der Waals surface area contributed by atoms with Gasteiger partial charge in [0.15, 0.2) is 0 Å². The zero-order chi connectivity index (χ0) is 42.4. The molecule has 5 aliphatic rings. The average Bonchev–Trinajstić information content (AvgIpc) is 3.82. The van der Waals surface area contributed by atoms with Crippen LogP contribution in [0.2, 0.25) is 0 Å². The predicted molar refractivity (Wildman–Crippen MR) is 241 cm³/mol. The number of nitrogens with one attached hydrogen (secondary N) is 2. The van der Waals surface area contributed by atoms with Crippen molar-refractivity contribution in [2.75, 3.05) is 55.9 Å². The first-order valence-electron chi connectivity index (χ1n) is 22.3. The minimum absolute atomic E-state index is 0.0965. The molecule has 2 aliphatic carbocycles. The second-order valence-electron chi connectivity index (χ2n) is 18.3. The number of hydrogen-bond acceptors (Lipinski definition) is 10. The van der Waals surface area contributed by atoms with Gasteiger partial charge in [-0.15, -0.1) is 0 Å². The lowest BCUT2D eigenvalue weighted by Crippen LogP contribution is -2.54. The number of piperidine rings is 1. The third-order valence-corrected chi connectivity index (χ3v) is 15.9. The van der Waals surface area contributed by atoms with E-state index < -0.39 is 20.6 Å². The number of anilines is 2. The number of ether oxygens (including phenoxy) is 2. The Morgan fingerprint density at radius 1 is 1.00 bits per heavy atom. The van der Waals surface area contributed by atoms with Crippen LogP contribution in [0, 0.1) is 21.4 Å². The van der Waals surface area contributed by atoms with Crippen molar-refractivity contribution in [2.24, 2.45) is 15.7 Å². The minimum atomic E-state index is -3.41. The largest absolute Gasteiger partial charge is 0.455 e. The van der Waals surface area contributed by atoms with Crippen LogP contribution in [0.5, 0.6) is 11.5 Å². The van der Waals surface area contributed by atoms with Crippen molar-refractivity contribution in [1.82, 2.24) is 14.9 Å². The van der Waals surface area contributed by atoms with E-state index in [1.165, 1.54) is 57.4 Å². The number of nitro benzene ring substituents is 1. The maximum absolute atomic E-state index is 14.2. The number of nitro groups is 1. The number of likely N-dealkylation sites (tertiary alicyclic amines) is 1. The highest BCUT2D eigenvalue weighted by Crippen LogP contribution is 2.55. The zero-order valence-electron chi connectivity index (χ0n) is 35.3. The molecule has 0 bridgehead atoms. The molecule has 3 aromatic carbocycles. The summed E-state index contributed by atoms with van der Waals surface area (Å²) in [5.41, 5.74) is 5.42. The Morgan fingerprint density at radius 3 is 2.56 bits per heavy atom. The summed E-state index contributed by atoms with van der Waals surface area (Å²) in [6, 6.07) is 24.0. The van der Waals surface area contributed by atoms with Crippen molar-refractivity contribution in [3.8, 4) is 11.5 Å². The van der Waals surface area contributed by atoms with Crippen molar-refractivity contribution < 1.29 is 23.4 Å². The van der Waals surface area contributed by atoms with E-state index in [1.807, 2.05) is 24.3 Å². The van der Waals surface area contributed by atoms with Crippen molar-refractivity contribution in [3.63, 3.8) is 0 Å². The van der Waals surface area contributed by atoms with E-state index >= 15 is 0 Å². The zero-order valence-corrected chi connectivity index (χ0v) is 36.1. The fourth-order valence-corrected chi connectivity index (χ4v) is 11.7. The molecule has 3 aliphatic heterocycles. The van der Waals surface area contributed by atoms with E-state index in [4.69, 9.17) is 9.47 Å². The van der Waals surface area contributed by atoms with Crippen LogP contribution in [-0.2, 0) is 14.5 Å². The van der Waals surface area contributed by atoms with Gasteiger partial charge in [-0.25, -0.2) is 9.19 Å². The highest BCUT2D eigenvalue weighted by Gasteiger charge is 2.50. The molecule has 0 radical (unpaired) electrons. The molecule has 5 aromatic rings. The van der Waals surface area contributed by atoms with Gasteiger partial charge in [-0.1, -0.05) is 24.3 Å². The van der Waals surface area contributed by atoms with Crippen LogP contribution >= 0.6 is 0 Å². The summed E-state index contributed by atoms with van der Waals surface area (Å²) in [5.74, 6) is 1.08. The average molecular weight is 858 g/mol. The number of fused-ring (bicyclic) bond motifs is 1. The standard InChI is InChI=1S/C48H55N7O6S/c1-62(59,38-11-13-42(44(27-38)55(57)58)50-30-32-15-23-60-24-16-32)52-47(56)41-12-10-35(26-45(41)61-37-25-34-14-19-49-46(34)51-31-37)53-21-17-48(18-22-53)28-36(29-48)54-20-4-7-43(54)40-6-3-2-5-39(40)33-8-9-33/h2-3,5-6,10-14,19,25-27,31-33,36,43,50H,4,7-9,15-18,20-24,28-30H2,1H3,(H,49,51)/t43-,62?/m0/s1. The van der Waals surface area contributed by atoms with E-state index in [0.717, 1.165) is 55.8 Å². The van der Waals surface area contributed by atoms with Crippen LogP contribution in [0.15, 0.2) is 94.4 Å². The normalized spacial score (nSPS) is 21.7. The van der Waals surface area contributed by atoms with Crippen LogP contribution < -0.4 is 15.0 Å². The molecule has 13 nitrogen and oxygen atoms in total. The highest BCUT2D eigenvalue weighted by molar-refractivity contribution is 7.93. The van der Waals surface area contributed by atoms with Gasteiger partial charge in [0.05, 0.1) is 31.3 Å². The molecule has 2 saturated carbocycles. The van der Waals surface area contributed by atoms with Crippen LogP contribution in [0.4, 0.5) is 17.1 Å². The number of carbonyl (C=O) groups is 1. The lowest BCUT2D eigenvalue weighted by atomic mass is 9.59. The van der Waals surface area contributed by atoms with Gasteiger partial charge >= 0.3 is 0 Å². The first-order chi connectivity index (χ1) is 30.1. The van der Waals surface area contributed by atoms with Gasteiger partial charge in [-0.3, -0.25) is 19.8 Å². The number of hydrogen-bond donors (Lipinski definition) is 2. The molecule has 2 N–H and O–H groups in total. The summed E-state index contributed by atoms with van der Waals surface area (Å²) in [4.78, 5) is 38.6. The number of H-pyrrole nitrogens is 1. The van der Waals surface area contributed by atoms with Gasteiger partial charge in [0.2, 0.25) is 0 Å². The molecular formula is C48H55N7O6S. The Hall–Kier alpha value is -5.31. The molecule has 5 fully saturated rings. The lowest BCUT2D eigenvalue weighted by Gasteiger charge is -2.56. The molecule has 5 heterocycles. The van der Waals surface area contributed by atoms with Gasteiger partial charge < -0.3 is 24.7 Å². The van der Waals surface area contributed by atoms with Crippen molar-refractivity contribution in [1.29, 1.82) is 0 Å². The van der Waals surface area contributed by atoms with E-state index in [1.54, 1.807) is 41.7 Å². The number of rotatable bonds is 12. The number of nitrogens with zero attached hydrogens (tertiary/aromatic N) is 5. The maximum atomic E-state index is 14.2. The molecule has 1 amide bonds. The fraction of sp³-hybridized carbons (Fsp3) is 0.458. The second kappa shape index (κ2) is 16.8. The molecular weight excluding hydrogens is 803 g/mol. The van der Waals surface area contributed by atoms with E-state index in [2.05, 4.69) is 53.7 Å². The van der Waals surface area contributed by atoms with E-state index in [9.17, 15) is 19.1 Å². The number of benzene rings is 3. The third-order valence-electron chi connectivity index (χ3n) is 14.2. The molecule has 1 spiro atoms. The van der Waals surface area contributed by atoms with Gasteiger partial charge in [0.1, 0.15) is 22.8 Å². The van der Waals surface area contributed by atoms with Crippen LogP contribution in [0.3, 0.4) is 0 Å². The second-order valence-corrected chi connectivity index (χ2v) is 20.5. The monoisotopic (exact) mass is 857 g/mol. The Morgan fingerprint density at radius 2 is 1.79 bits per heavy atom. The molecule has 2 aromatic heterocycles. The minimum Gasteiger partial charge on any atom is -0.455 e. The summed E-state index contributed by atoms with van der Waals surface area (Å²) < 4.78 is 30.3. The Bertz CT molecular complexity index is 2610. The van der Waals surface area contributed by atoms with Crippen molar-refractivity contribution >= 4 is 43.7 Å². The quantitative estimate of drug-likeness (QED) is 0.0915. The fourth-order valence-electron chi connectivity index (χ4n) is 10.5. The molecule has 324 valence electrons. The molecule has 3 saturated heterocycles. The number of pyridine rings is 1. The first kappa shape index (κ1) is 40.7. The summed E-state index contributed by atoms with van der Waals surface area (Å²) in [6.07, 6.45) is 16.4. The molecule has 62 heavy (non-hydrogen) atoms. The van der Waals surface area contributed by atoms with Gasteiger partial charge in [-0.2, -0.15) is 4.36 Å². The third kappa shape index (κ3) is 8.32. The van der Waals surface area contributed by atoms with Gasteiger partial charge in [-0.05, 0) is 136 Å². The predicted octanol–water partition coefficient (Wildman–Crippen LogP) is 9.86. The molecule has 10 rings (SSSR count). The first-order valence-corrected chi connectivity index (χ1v) is 24.2. The van der Waals surface area contributed by atoms with Gasteiger partial charge in [0.25, 0.3) is 11.6 Å². The molecule has 14 heteroatoms. The maximum Gasteiger partial charge on any atom is 0.293 e. The topological polar surface area (TPSA) is 155 Å². The summed E-state index contributed by atoms with van der Waals surface area (Å²) in [7, 11) is -3.41. The lowest BCUT2D eigenvalue weighted by molar-refractivity contribution is -0.384. The summed E-state index contributed by atoms with van der Waals surface area (Å²) in [5, 5.41) is 16.2. The smallest absolute Gasteiger partial charge is 0.293 e. The number of aromatic amines is 1. The van der Waals surface area contributed by atoms with Crippen LogP contribution in [0.25, 0.3) is 11.0 Å². The number of aromatic nitrogens is 2. The van der Waals surface area contributed by atoms with E-state index in [-0.39, 0.29) is 21.9 Å². The van der Waals surface area contributed by atoms with Gasteiger partial charge in [0, 0.05) is 80.6 Å². The van der Waals surface area contributed by atoms with Crippen LogP contribution in [-0.4, -0.2) is 81.6 Å². The van der Waals surface area contributed by atoms with E-state index in [0.29, 0.717) is 60.3 Å². The SMILES string of the molecule is CS(=O)(=NC(=O)c1ccc(N2CCC3(CC2)CC(N2CCC[C@H]2c2ccccc2C2CC2)C3)cc1Oc1cnc2[nH]ccc2c1)c1ccc(NCC2CCOCC2)c([N+](=O)[O-])c1. The summed E-state index contributed by atoms with van der Waals surface area (Å²) >= 11 is 0. The number of carbonyl (C=O) groups excluding carboxylic acids is 1. The Kier molecular flexibility index (Phi) is 11.0. The van der Waals surface area contributed by atoms with Crippen molar-refractivity contribution in [2.45, 2.75) is 87.1 Å². The van der Waals surface area contributed by atoms with Crippen molar-refractivity contribution in [3.05, 3.63) is 112 Å². The molecule has 1 unspecified atom stereocenters. The Labute approximate surface area is 362 Å². The highest BCUT2D eigenvalue weighted by atomic mass is 32.2. The number of amides is 1. The summed E-state index contributed by atoms with van der Waals surface area (Å²) in [6.45, 7) is 4.89.